The highest BCUT2D eigenvalue weighted by Gasteiger charge is 2.23. The monoisotopic (exact) mass is 253 g/mol. The van der Waals surface area contributed by atoms with Crippen LogP contribution in [0.25, 0.3) is 0 Å². The van der Waals surface area contributed by atoms with Crippen molar-refractivity contribution in [3.8, 4) is 0 Å². The predicted molar refractivity (Wildman–Crippen MR) is 65.4 cm³/mol. The highest BCUT2D eigenvalue weighted by atomic mass is 19.1. The van der Waals surface area contributed by atoms with Gasteiger partial charge in [0.25, 0.3) is 0 Å². The summed E-state index contributed by atoms with van der Waals surface area (Å²) in [5.74, 6) is -1.37. The lowest BCUT2D eigenvalue weighted by atomic mass is 9.97. The van der Waals surface area contributed by atoms with Gasteiger partial charge in [0.1, 0.15) is 5.82 Å². The van der Waals surface area contributed by atoms with Crippen molar-refractivity contribution in [3.63, 3.8) is 0 Å². The highest BCUT2D eigenvalue weighted by Crippen LogP contribution is 2.23. The van der Waals surface area contributed by atoms with Crippen LogP contribution in [0, 0.1) is 11.7 Å². The van der Waals surface area contributed by atoms with E-state index in [-0.39, 0.29) is 11.6 Å². The minimum Gasteiger partial charge on any atom is -0.478 e. The van der Waals surface area contributed by atoms with Gasteiger partial charge >= 0.3 is 5.97 Å². The van der Waals surface area contributed by atoms with Gasteiger partial charge in [0.2, 0.25) is 0 Å². The van der Waals surface area contributed by atoms with Crippen molar-refractivity contribution in [2.24, 2.45) is 5.92 Å². The van der Waals surface area contributed by atoms with Crippen molar-refractivity contribution in [1.82, 2.24) is 0 Å². The summed E-state index contributed by atoms with van der Waals surface area (Å²) in [6.45, 7) is 3.35. The predicted octanol–water partition coefficient (Wildman–Crippen LogP) is 2.36. The van der Waals surface area contributed by atoms with E-state index in [0.717, 1.165) is 12.5 Å². The Bertz CT molecular complexity index is 450. The second-order valence-electron chi connectivity index (χ2n) is 4.59. The number of carboxylic acid groups (broad SMARTS) is 1. The van der Waals surface area contributed by atoms with Crippen LogP contribution in [0.2, 0.25) is 0 Å². The third-order valence-corrected chi connectivity index (χ3v) is 3.19. The molecule has 5 heteroatoms. The number of halogens is 1. The van der Waals surface area contributed by atoms with Gasteiger partial charge in [-0.05, 0) is 30.5 Å². The minimum absolute atomic E-state index is 0.0336. The third-order valence-electron chi connectivity index (χ3n) is 3.19. The molecule has 1 fully saturated rings. The summed E-state index contributed by atoms with van der Waals surface area (Å²) in [6.07, 6.45) is 0.817. The van der Waals surface area contributed by atoms with Gasteiger partial charge in [-0.15, -0.1) is 0 Å². The van der Waals surface area contributed by atoms with Crippen molar-refractivity contribution in [3.05, 3.63) is 29.6 Å². The molecule has 1 aromatic rings. The van der Waals surface area contributed by atoms with E-state index in [0.29, 0.717) is 24.8 Å². The fourth-order valence-corrected chi connectivity index (χ4v) is 2.11. The lowest BCUT2D eigenvalue weighted by molar-refractivity contribution is 0.0537. The van der Waals surface area contributed by atoms with Crippen LogP contribution in [0.4, 0.5) is 10.1 Å². The average molecular weight is 253 g/mol. The molecule has 0 amide bonds. The molecule has 2 unspecified atom stereocenters. The molecule has 1 aromatic carbocycles. The van der Waals surface area contributed by atoms with E-state index in [1.54, 1.807) is 0 Å². The number of anilines is 1. The first kappa shape index (κ1) is 12.8. The van der Waals surface area contributed by atoms with Gasteiger partial charge in [0.05, 0.1) is 12.2 Å². The van der Waals surface area contributed by atoms with E-state index < -0.39 is 11.8 Å². The summed E-state index contributed by atoms with van der Waals surface area (Å²) in [6, 6.07) is 3.93. The lowest BCUT2D eigenvalue weighted by Gasteiger charge is -2.30. The van der Waals surface area contributed by atoms with Crippen LogP contribution in [0.1, 0.15) is 23.7 Å². The van der Waals surface area contributed by atoms with Crippen LogP contribution in [-0.4, -0.2) is 30.3 Å². The van der Waals surface area contributed by atoms with Gasteiger partial charge in [0, 0.05) is 18.3 Å². The van der Waals surface area contributed by atoms with Gasteiger partial charge in [-0.3, -0.25) is 0 Å². The number of ether oxygens (including phenoxy) is 1. The maximum absolute atomic E-state index is 13.1. The Balaban J connectivity index is 2.20. The fraction of sp³-hybridized carbons (Fsp3) is 0.462. The third kappa shape index (κ3) is 2.79. The first-order valence-corrected chi connectivity index (χ1v) is 5.95. The van der Waals surface area contributed by atoms with Crippen LogP contribution >= 0.6 is 0 Å². The zero-order valence-corrected chi connectivity index (χ0v) is 10.1. The fourth-order valence-electron chi connectivity index (χ4n) is 2.11. The Morgan fingerprint density at radius 3 is 3.00 bits per heavy atom. The molecule has 2 N–H and O–H groups in total. The second-order valence-corrected chi connectivity index (χ2v) is 4.59. The second kappa shape index (κ2) is 5.35. The topological polar surface area (TPSA) is 58.6 Å². The van der Waals surface area contributed by atoms with Crippen molar-refractivity contribution in [1.29, 1.82) is 0 Å². The number of hydrogen-bond acceptors (Lipinski definition) is 3. The molecule has 2 rings (SSSR count). The van der Waals surface area contributed by atoms with Crippen molar-refractivity contribution >= 4 is 11.7 Å². The van der Waals surface area contributed by atoms with Crippen molar-refractivity contribution in [2.45, 2.75) is 19.4 Å². The molecule has 0 radical (unpaired) electrons. The number of carbonyl (C=O) groups is 1. The van der Waals surface area contributed by atoms with Gasteiger partial charge < -0.3 is 15.2 Å². The van der Waals surface area contributed by atoms with E-state index in [9.17, 15) is 9.18 Å². The summed E-state index contributed by atoms with van der Waals surface area (Å²) in [7, 11) is 0. The summed E-state index contributed by atoms with van der Waals surface area (Å²) in [5, 5.41) is 12.2. The number of carboxylic acids is 1. The summed E-state index contributed by atoms with van der Waals surface area (Å²) < 4.78 is 18.4. The average Bonchev–Trinajstić information content (AvgIpc) is 2.34. The number of aromatic carboxylic acids is 1. The molecule has 1 aliphatic heterocycles. The Kier molecular flexibility index (Phi) is 3.81. The number of nitrogens with one attached hydrogen (secondary N) is 1. The van der Waals surface area contributed by atoms with Crippen LogP contribution < -0.4 is 5.32 Å². The summed E-state index contributed by atoms with van der Waals surface area (Å²) in [5.41, 5.74) is 0.427. The molecule has 0 aliphatic carbocycles. The molecular formula is C13H16FNO3. The number of hydrogen-bond donors (Lipinski definition) is 2. The highest BCUT2D eigenvalue weighted by molar-refractivity contribution is 5.94. The van der Waals surface area contributed by atoms with E-state index in [4.69, 9.17) is 9.84 Å². The zero-order valence-electron chi connectivity index (χ0n) is 10.1. The number of rotatable bonds is 3. The summed E-state index contributed by atoms with van der Waals surface area (Å²) >= 11 is 0. The first-order valence-electron chi connectivity index (χ1n) is 5.95. The van der Waals surface area contributed by atoms with Crippen molar-refractivity contribution < 1.29 is 19.0 Å². The molecule has 0 spiro atoms. The minimum atomic E-state index is -1.13. The molecular weight excluding hydrogens is 237 g/mol. The lowest BCUT2D eigenvalue weighted by Crippen LogP contribution is -2.36. The normalized spacial score (nSPS) is 23.7. The SMILES string of the molecule is CC1COCCC1Nc1ccc(F)cc1C(=O)O. The van der Waals surface area contributed by atoms with Crippen LogP contribution in [0.3, 0.4) is 0 Å². The molecule has 0 saturated carbocycles. The molecule has 98 valence electrons. The molecule has 0 aromatic heterocycles. The van der Waals surface area contributed by atoms with Gasteiger partial charge in [0.15, 0.2) is 0 Å². The Labute approximate surface area is 105 Å². The van der Waals surface area contributed by atoms with E-state index in [1.807, 2.05) is 6.92 Å². The molecule has 0 bridgehead atoms. The molecule has 1 saturated heterocycles. The largest absolute Gasteiger partial charge is 0.478 e. The van der Waals surface area contributed by atoms with Gasteiger partial charge in [-0.1, -0.05) is 6.92 Å². The first-order chi connectivity index (χ1) is 8.58. The molecule has 1 aliphatic rings. The maximum atomic E-state index is 13.1. The Morgan fingerprint density at radius 1 is 1.56 bits per heavy atom. The molecule has 2 atom stereocenters. The molecule has 18 heavy (non-hydrogen) atoms. The van der Waals surface area contributed by atoms with Crippen molar-refractivity contribution in [2.75, 3.05) is 18.5 Å². The van der Waals surface area contributed by atoms with Gasteiger partial charge in [-0.25, -0.2) is 9.18 Å². The zero-order chi connectivity index (χ0) is 13.1. The Morgan fingerprint density at radius 2 is 2.33 bits per heavy atom. The summed E-state index contributed by atoms with van der Waals surface area (Å²) in [4.78, 5) is 11.1. The van der Waals surface area contributed by atoms with Crippen LogP contribution in [0.15, 0.2) is 18.2 Å². The Hall–Kier alpha value is -1.62. The maximum Gasteiger partial charge on any atom is 0.337 e. The van der Waals surface area contributed by atoms with Gasteiger partial charge in [-0.2, -0.15) is 0 Å². The van der Waals surface area contributed by atoms with Crippen LogP contribution in [0.5, 0.6) is 0 Å². The number of benzene rings is 1. The standard InChI is InChI=1S/C13H16FNO3/c1-8-7-18-5-4-11(8)15-12-3-2-9(14)6-10(12)13(16)17/h2-3,6,8,11,15H,4-5,7H2,1H3,(H,16,17). The van der Waals surface area contributed by atoms with E-state index in [2.05, 4.69) is 5.32 Å². The molecule has 4 nitrogen and oxygen atoms in total. The quantitative estimate of drug-likeness (QED) is 0.868. The van der Waals surface area contributed by atoms with Crippen LogP contribution in [-0.2, 0) is 4.74 Å². The molecule has 1 heterocycles. The van der Waals surface area contributed by atoms with E-state index in [1.165, 1.54) is 12.1 Å². The van der Waals surface area contributed by atoms with E-state index >= 15 is 0 Å². The smallest absolute Gasteiger partial charge is 0.337 e.